The molecule has 1 aromatic rings. The number of thioether (sulfide) groups is 1. The Bertz CT molecular complexity index is 463. The molecule has 21 heavy (non-hydrogen) atoms. The third kappa shape index (κ3) is 6.89. The van der Waals surface area contributed by atoms with Gasteiger partial charge in [0.2, 0.25) is 0 Å². The van der Waals surface area contributed by atoms with Gasteiger partial charge in [-0.25, -0.2) is 0 Å². The van der Waals surface area contributed by atoms with Gasteiger partial charge in [-0.3, -0.25) is 4.79 Å². The van der Waals surface area contributed by atoms with E-state index in [2.05, 4.69) is 16.7 Å². The molecule has 0 spiro atoms. The summed E-state index contributed by atoms with van der Waals surface area (Å²) >= 11 is 1.80. The molecule has 4 N–H and O–H groups in total. The zero-order valence-electron chi connectivity index (χ0n) is 12.0. The van der Waals surface area contributed by atoms with E-state index in [1.165, 1.54) is 0 Å². The van der Waals surface area contributed by atoms with E-state index in [0.29, 0.717) is 17.9 Å². The van der Waals surface area contributed by atoms with Crippen LogP contribution in [0, 0.1) is 0 Å². The fraction of sp³-hybridized carbons (Fsp3) is 0.429. The highest BCUT2D eigenvalue weighted by Crippen LogP contribution is 2.11. The molecule has 1 rings (SSSR count). The van der Waals surface area contributed by atoms with Gasteiger partial charge in [-0.15, -0.1) is 0 Å². The first-order valence-electron chi connectivity index (χ1n) is 6.63. The Hall–Kier alpha value is -1.89. The van der Waals surface area contributed by atoms with Gasteiger partial charge in [-0.05, 0) is 49.1 Å². The lowest BCUT2D eigenvalue weighted by molar-refractivity contribution is -0.123. The number of carbonyl (C=O) groups is 1. The topological polar surface area (TPSA) is 96.9 Å². The molecule has 0 aliphatic rings. The molecule has 1 amide bonds. The van der Waals surface area contributed by atoms with E-state index in [-0.39, 0.29) is 18.3 Å². The average molecular weight is 311 g/mol. The van der Waals surface area contributed by atoms with E-state index in [9.17, 15) is 4.79 Å². The Morgan fingerprint density at radius 2 is 2.10 bits per heavy atom. The lowest BCUT2D eigenvalue weighted by atomic mass is 10.2. The zero-order valence-corrected chi connectivity index (χ0v) is 12.9. The number of nitrogens with two attached hydrogens (primary N) is 1. The first-order chi connectivity index (χ1) is 10.2. The molecule has 0 fully saturated rings. The zero-order chi connectivity index (χ0) is 15.5. The van der Waals surface area contributed by atoms with Crippen molar-refractivity contribution < 1.29 is 14.7 Å². The van der Waals surface area contributed by atoms with Crippen LogP contribution in [0.4, 0.5) is 0 Å². The van der Waals surface area contributed by atoms with Gasteiger partial charge in [-0.2, -0.15) is 11.8 Å². The average Bonchev–Trinajstić information content (AvgIpc) is 2.52. The highest BCUT2D eigenvalue weighted by molar-refractivity contribution is 7.98. The maximum Gasteiger partial charge on any atom is 0.257 e. The third-order valence-electron chi connectivity index (χ3n) is 2.73. The van der Waals surface area contributed by atoms with Crippen LogP contribution in [0.15, 0.2) is 29.4 Å². The Morgan fingerprint density at radius 1 is 1.38 bits per heavy atom. The van der Waals surface area contributed by atoms with Crippen molar-refractivity contribution in [2.45, 2.75) is 12.8 Å². The predicted molar refractivity (Wildman–Crippen MR) is 85.1 cm³/mol. The molecule has 7 heteroatoms. The molecule has 0 aliphatic carbocycles. The van der Waals surface area contributed by atoms with Crippen LogP contribution in [0.3, 0.4) is 0 Å². The lowest BCUT2D eigenvalue weighted by Crippen LogP contribution is -2.29. The number of carbonyl (C=O) groups excluding carboxylic acids is 1. The second-order valence-electron chi connectivity index (χ2n) is 4.35. The van der Waals surface area contributed by atoms with Crippen molar-refractivity contribution in [3.63, 3.8) is 0 Å². The van der Waals surface area contributed by atoms with Crippen molar-refractivity contribution in [3.05, 3.63) is 29.8 Å². The van der Waals surface area contributed by atoms with Gasteiger partial charge in [0.05, 0.1) is 0 Å². The highest BCUT2D eigenvalue weighted by Gasteiger charge is 2.03. The summed E-state index contributed by atoms with van der Waals surface area (Å²) in [5, 5.41) is 14.3. The minimum absolute atomic E-state index is 0.0224. The Labute approximate surface area is 128 Å². The van der Waals surface area contributed by atoms with E-state index in [1.807, 2.05) is 0 Å². The fourth-order valence-corrected chi connectivity index (χ4v) is 2.07. The first-order valence-corrected chi connectivity index (χ1v) is 8.03. The molecule has 0 heterocycles. The highest BCUT2D eigenvalue weighted by atomic mass is 32.2. The molecule has 0 saturated heterocycles. The largest absolute Gasteiger partial charge is 0.484 e. The Morgan fingerprint density at radius 3 is 2.71 bits per heavy atom. The maximum atomic E-state index is 11.6. The number of amides is 1. The normalized spacial score (nSPS) is 11.2. The van der Waals surface area contributed by atoms with Crippen molar-refractivity contribution in [2.24, 2.45) is 10.9 Å². The number of hydrogen-bond acceptors (Lipinski definition) is 5. The van der Waals surface area contributed by atoms with Crippen LogP contribution in [0.25, 0.3) is 0 Å². The molecule has 116 valence electrons. The summed E-state index contributed by atoms with van der Waals surface area (Å²) in [6, 6.07) is 6.65. The van der Waals surface area contributed by atoms with Crippen LogP contribution in [-0.2, 0) is 4.79 Å². The molecule has 0 radical (unpaired) electrons. The number of hydrogen-bond donors (Lipinski definition) is 3. The molecule has 0 unspecified atom stereocenters. The van der Waals surface area contributed by atoms with Crippen molar-refractivity contribution in [2.75, 3.05) is 25.2 Å². The number of nitrogens with one attached hydrogen (secondary N) is 1. The van der Waals surface area contributed by atoms with Gasteiger partial charge < -0.3 is 21.0 Å². The summed E-state index contributed by atoms with van der Waals surface area (Å²) in [6.45, 7) is 0.649. The minimum atomic E-state index is -0.139. The van der Waals surface area contributed by atoms with Crippen LogP contribution in [-0.4, -0.2) is 42.1 Å². The number of benzene rings is 1. The van der Waals surface area contributed by atoms with Crippen molar-refractivity contribution in [1.82, 2.24) is 5.32 Å². The molecule has 0 aliphatic heterocycles. The van der Waals surface area contributed by atoms with Crippen molar-refractivity contribution >= 4 is 23.5 Å². The number of nitrogens with zero attached hydrogens (tertiary/aromatic N) is 1. The summed E-state index contributed by atoms with van der Waals surface area (Å²) in [6.07, 6.45) is 4.14. The number of rotatable bonds is 9. The molecule has 0 saturated carbocycles. The van der Waals surface area contributed by atoms with E-state index >= 15 is 0 Å². The van der Waals surface area contributed by atoms with E-state index < -0.39 is 0 Å². The molecule has 0 bridgehead atoms. The summed E-state index contributed by atoms with van der Waals surface area (Å²) in [5.74, 6) is 1.56. The molecule has 0 atom stereocenters. The van der Waals surface area contributed by atoms with Gasteiger partial charge in [-0.1, -0.05) is 5.16 Å². The van der Waals surface area contributed by atoms with Crippen molar-refractivity contribution in [3.8, 4) is 5.75 Å². The second kappa shape index (κ2) is 9.93. The summed E-state index contributed by atoms with van der Waals surface area (Å²) in [5.41, 5.74) is 6.04. The van der Waals surface area contributed by atoms with E-state index in [4.69, 9.17) is 15.7 Å². The number of amidine groups is 1. The predicted octanol–water partition coefficient (Wildman–Crippen LogP) is 1.42. The van der Waals surface area contributed by atoms with Gasteiger partial charge in [0.15, 0.2) is 12.4 Å². The Kier molecular flexibility index (Phi) is 8.11. The smallest absolute Gasteiger partial charge is 0.257 e. The van der Waals surface area contributed by atoms with Gasteiger partial charge in [0.25, 0.3) is 5.91 Å². The fourth-order valence-electron chi connectivity index (χ4n) is 1.58. The van der Waals surface area contributed by atoms with Crippen molar-refractivity contribution in [1.29, 1.82) is 0 Å². The summed E-state index contributed by atoms with van der Waals surface area (Å²) < 4.78 is 5.36. The van der Waals surface area contributed by atoms with Crippen LogP contribution in [0.5, 0.6) is 5.75 Å². The quantitative estimate of drug-likeness (QED) is 0.211. The molecule has 0 aromatic heterocycles. The van der Waals surface area contributed by atoms with Gasteiger partial charge in [0, 0.05) is 12.1 Å². The van der Waals surface area contributed by atoms with Crippen LogP contribution in [0.1, 0.15) is 18.4 Å². The lowest BCUT2D eigenvalue weighted by Gasteiger charge is -2.08. The van der Waals surface area contributed by atoms with Crippen LogP contribution < -0.4 is 15.8 Å². The maximum absolute atomic E-state index is 11.6. The number of ether oxygens (including phenoxy) is 1. The second-order valence-corrected chi connectivity index (χ2v) is 5.33. The van der Waals surface area contributed by atoms with E-state index in [1.54, 1.807) is 36.0 Å². The van der Waals surface area contributed by atoms with Gasteiger partial charge >= 0.3 is 0 Å². The SMILES string of the molecule is CSCCCCNC(=O)COc1ccc(/C(N)=N/O)cc1. The number of oxime groups is 1. The third-order valence-corrected chi connectivity index (χ3v) is 3.42. The molecule has 6 nitrogen and oxygen atoms in total. The van der Waals surface area contributed by atoms with E-state index in [0.717, 1.165) is 18.6 Å². The standard InChI is InChI=1S/C14H21N3O3S/c1-21-9-3-2-8-16-13(18)10-20-12-6-4-11(5-7-12)14(15)17-19/h4-7,19H,2-3,8-10H2,1H3,(H2,15,17)(H,16,18). The molecular weight excluding hydrogens is 290 g/mol. The monoisotopic (exact) mass is 311 g/mol. The van der Waals surface area contributed by atoms with Crippen LogP contribution in [0.2, 0.25) is 0 Å². The first kappa shape index (κ1) is 17.2. The number of unbranched alkanes of at least 4 members (excludes halogenated alkanes) is 1. The molecular formula is C14H21N3O3S. The Balaban J connectivity index is 2.26. The summed E-state index contributed by atoms with van der Waals surface area (Å²) in [7, 11) is 0. The minimum Gasteiger partial charge on any atom is -0.484 e. The molecule has 1 aromatic carbocycles. The van der Waals surface area contributed by atoms with Gasteiger partial charge in [0.1, 0.15) is 5.75 Å². The summed E-state index contributed by atoms with van der Waals surface area (Å²) in [4.78, 5) is 11.6. The van der Waals surface area contributed by atoms with Crippen LogP contribution >= 0.6 is 11.8 Å².